The fourth-order valence-electron chi connectivity index (χ4n) is 3.25. The normalized spacial score (nSPS) is 20.0. The predicted octanol–water partition coefficient (Wildman–Crippen LogP) is 1.23. The van der Waals surface area contributed by atoms with Gasteiger partial charge in [0, 0.05) is 25.6 Å². The van der Waals surface area contributed by atoms with Crippen LogP contribution in [0.15, 0.2) is 12.2 Å². The summed E-state index contributed by atoms with van der Waals surface area (Å²) in [6.07, 6.45) is 9.92. The van der Waals surface area contributed by atoms with Crippen LogP contribution in [0.5, 0.6) is 0 Å². The smallest absolute Gasteiger partial charge is 0.244 e. The molecule has 1 saturated carbocycles. The Hall–Kier alpha value is -1.69. The van der Waals surface area contributed by atoms with Gasteiger partial charge in [-0.2, -0.15) is 0 Å². The third kappa shape index (κ3) is 2.92. The molecule has 6 heteroatoms. The van der Waals surface area contributed by atoms with E-state index < -0.39 is 0 Å². The van der Waals surface area contributed by atoms with Crippen LogP contribution >= 0.6 is 0 Å². The van der Waals surface area contributed by atoms with E-state index in [0.717, 1.165) is 50.4 Å². The number of likely N-dealkylation sites (N-methyl/N-ethyl adjacent to an activating group) is 1. The van der Waals surface area contributed by atoms with Crippen molar-refractivity contribution >= 4 is 5.91 Å². The molecule has 1 aliphatic heterocycles. The average molecular weight is 303 g/mol. The van der Waals surface area contributed by atoms with E-state index in [1.54, 1.807) is 6.08 Å². The first-order chi connectivity index (χ1) is 10.6. The molecule has 0 spiro atoms. The lowest BCUT2D eigenvalue weighted by molar-refractivity contribution is -0.119. The first kappa shape index (κ1) is 15.2. The van der Waals surface area contributed by atoms with Gasteiger partial charge in [0.15, 0.2) is 5.82 Å². The summed E-state index contributed by atoms with van der Waals surface area (Å²) < 4.78 is 2.23. The number of amides is 1. The van der Waals surface area contributed by atoms with Crippen LogP contribution in [-0.2, 0) is 23.3 Å². The summed E-state index contributed by atoms with van der Waals surface area (Å²) in [6, 6.07) is 0. The monoisotopic (exact) mass is 303 g/mol. The molecule has 0 saturated heterocycles. The summed E-state index contributed by atoms with van der Waals surface area (Å²) in [7, 11) is 3.97. The van der Waals surface area contributed by atoms with Crippen LogP contribution in [0.25, 0.3) is 0 Å². The first-order valence-corrected chi connectivity index (χ1v) is 8.17. The lowest BCUT2D eigenvalue weighted by Gasteiger charge is -2.41. The summed E-state index contributed by atoms with van der Waals surface area (Å²) in [5.41, 5.74) is -0.303. The van der Waals surface area contributed by atoms with Crippen LogP contribution in [0.4, 0.5) is 0 Å². The van der Waals surface area contributed by atoms with Crippen LogP contribution in [0, 0.1) is 0 Å². The van der Waals surface area contributed by atoms with Gasteiger partial charge in [-0.25, -0.2) is 0 Å². The van der Waals surface area contributed by atoms with E-state index in [0.29, 0.717) is 0 Å². The molecule has 1 aromatic heterocycles. The maximum absolute atomic E-state index is 12.2. The molecule has 6 nitrogen and oxygen atoms in total. The standard InChI is InChI=1S/C16H25N5O/c1-20(2)11-5-8-14(22)17-16(9-6-10-16)15-19-18-13-7-3-4-12-21(13)15/h5,8H,3-4,6-7,9-12H2,1-2H3,(H,17,22)/b8-5+. The molecule has 1 aliphatic carbocycles. The van der Waals surface area contributed by atoms with E-state index >= 15 is 0 Å². The highest BCUT2D eigenvalue weighted by Crippen LogP contribution is 2.41. The zero-order valence-corrected chi connectivity index (χ0v) is 13.5. The van der Waals surface area contributed by atoms with Crippen molar-refractivity contribution in [3.05, 3.63) is 23.8 Å². The van der Waals surface area contributed by atoms with E-state index in [4.69, 9.17) is 0 Å². The first-order valence-electron chi connectivity index (χ1n) is 8.17. The van der Waals surface area contributed by atoms with Crippen molar-refractivity contribution < 1.29 is 4.79 Å². The number of carbonyl (C=O) groups is 1. The van der Waals surface area contributed by atoms with E-state index in [9.17, 15) is 4.79 Å². The average Bonchev–Trinajstić information content (AvgIpc) is 2.87. The van der Waals surface area contributed by atoms with Gasteiger partial charge >= 0.3 is 0 Å². The summed E-state index contributed by atoms with van der Waals surface area (Å²) in [6.45, 7) is 1.74. The maximum Gasteiger partial charge on any atom is 0.244 e. The Labute approximate surface area is 131 Å². The third-order valence-corrected chi connectivity index (χ3v) is 4.60. The van der Waals surface area contributed by atoms with Crippen LogP contribution < -0.4 is 5.32 Å². The van der Waals surface area contributed by atoms with Gasteiger partial charge in [-0.05, 0) is 46.2 Å². The molecule has 0 aromatic carbocycles. The molecule has 0 radical (unpaired) electrons. The van der Waals surface area contributed by atoms with Crippen molar-refractivity contribution in [3.8, 4) is 0 Å². The second kappa shape index (κ2) is 6.20. The number of nitrogens with one attached hydrogen (secondary N) is 1. The number of rotatable bonds is 5. The van der Waals surface area contributed by atoms with Gasteiger partial charge in [0.1, 0.15) is 11.4 Å². The van der Waals surface area contributed by atoms with E-state index in [1.165, 1.54) is 12.8 Å². The number of hydrogen-bond acceptors (Lipinski definition) is 4. The fourth-order valence-corrected chi connectivity index (χ4v) is 3.25. The Balaban J connectivity index is 1.74. The van der Waals surface area contributed by atoms with E-state index in [1.807, 2.05) is 25.1 Å². The van der Waals surface area contributed by atoms with Crippen LogP contribution in [-0.4, -0.2) is 46.2 Å². The minimum absolute atomic E-state index is 0.0327. The van der Waals surface area contributed by atoms with Crippen molar-refractivity contribution in [1.82, 2.24) is 25.0 Å². The molecule has 1 N–H and O–H groups in total. The molecule has 120 valence electrons. The molecule has 1 amide bonds. The van der Waals surface area contributed by atoms with Gasteiger partial charge in [0.05, 0.1) is 0 Å². The number of hydrogen-bond donors (Lipinski definition) is 1. The van der Waals surface area contributed by atoms with Gasteiger partial charge < -0.3 is 14.8 Å². The molecular formula is C16H25N5O. The molecule has 1 fully saturated rings. The fraction of sp³-hybridized carbons (Fsp3) is 0.688. The van der Waals surface area contributed by atoms with Crippen molar-refractivity contribution in [3.63, 3.8) is 0 Å². The van der Waals surface area contributed by atoms with Gasteiger partial charge in [0.2, 0.25) is 5.91 Å². The number of aryl methyl sites for hydroxylation is 1. The minimum atomic E-state index is -0.303. The molecule has 0 bridgehead atoms. The Morgan fingerprint density at radius 3 is 2.82 bits per heavy atom. The highest BCUT2D eigenvalue weighted by Gasteiger charge is 2.44. The minimum Gasteiger partial charge on any atom is -0.340 e. The van der Waals surface area contributed by atoms with Crippen molar-refractivity contribution in [2.24, 2.45) is 0 Å². The van der Waals surface area contributed by atoms with Crippen molar-refractivity contribution in [2.75, 3.05) is 20.6 Å². The molecular weight excluding hydrogens is 278 g/mol. The largest absolute Gasteiger partial charge is 0.340 e. The van der Waals surface area contributed by atoms with Crippen molar-refractivity contribution in [1.29, 1.82) is 0 Å². The maximum atomic E-state index is 12.2. The summed E-state index contributed by atoms with van der Waals surface area (Å²) in [5, 5.41) is 11.9. The zero-order valence-electron chi connectivity index (χ0n) is 13.5. The SMILES string of the molecule is CN(C)C/C=C/C(=O)NC1(c2nnc3n2CCCC3)CCC1. The Bertz CT molecular complexity index is 571. The molecule has 3 rings (SSSR count). The second-order valence-electron chi connectivity index (χ2n) is 6.64. The predicted molar refractivity (Wildman–Crippen MR) is 84.3 cm³/mol. The molecule has 2 heterocycles. The quantitative estimate of drug-likeness (QED) is 0.831. The van der Waals surface area contributed by atoms with Crippen LogP contribution in [0.1, 0.15) is 43.8 Å². The lowest BCUT2D eigenvalue weighted by Crippen LogP contribution is -2.52. The van der Waals surface area contributed by atoms with Gasteiger partial charge in [-0.3, -0.25) is 4.79 Å². The third-order valence-electron chi connectivity index (χ3n) is 4.60. The van der Waals surface area contributed by atoms with Gasteiger partial charge in [-0.1, -0.05) is 6.08 Å². The Morgan fingerprint density at radius 1 is 1.32 bits per heavy atom. The number of nitrogens with zero attached hydrogens (tertiary/aromatic N) is 4. The number of fused-ring (bicyclic) bond motifs is 1. The lowest BCUT2D eigenvalue weighted by atomic mass is 9.75. The second-order valence-corrected chi connectivity index (χ2v) is 6.64. The molecule has 0 atom stereocenters. The van der Waals surface area contributed by atoms with Crippen LogP contribution in [0.3, 0.4) is 0 Å². The van der Waals surface area contributed by atoms with Crippen molar-refractivity contribution in [2.45, 2.75) is 50.6 Å². The molecule has 0 unspecified atom stereocenters. The summed E-state index contributed by atoms with van der Waals surface area (Å²) in [4.78, 5) is 14.2. The highest BCUT2D eigenvalue weighted by atomic mass is 16.1. The summed E-state index contributed by atoms with van der Waals surface area (Å²) >= 11 is 0. The Morgan fingerprint density at radius 2 is 2.14 bits per heavy atom. The van der Waals surface area contributed by atoms with E-state index in [2.05, 4.69) is 20.1 Å². The number of aromatic nitrogens is 3. The Kier molecular flexibility index (Phi) is 4.29. The van der Waals surface area contributed by atoms with Gasteiger partial charge in [0.25, 0.3) is 0 Å². The molecule has 22 heavy (non-hydrogen) atoms. The highest BCUT2D eigenvalue weighted by molar-refractivity contribution is 5.88. The number of carbonyl (C=O) groups excluding carboxylic acids is 1. The van der Waals surface area contributed by atoms with Crippen LogP contribution in [0.2, 0.25) is 0 Å². The summed E-state index contributed by atoms with van der Waals surface area (Å²) in [5.74, 6) is 2.00. The molecule has 2 aliphatic rings. The topological polar surface area (TPSA) is 63.1 Å². The molecule has 1 aromatic rings. The van der Waals surface area contributed by atoms with Gasteiger partial charge in [-0.15, -0.1) is 10.2 Å². The zero-order chi connectivity index (χ0) is 15.6. The van der Waals surface area contributed by atoms with E-state index in [-0.39, 0.29) is 11.4 Å².